The zero-order valence-electron chi connectivity index (χ0n) is 10.5. The Morgan fingerprint density at radius 2 is 2.39 bits per heavy atom. The normalized spacial score (nSPS) is 13.3. The molecule has 1 rings (SSSR count). The number of carbonyl (C=O) groups excluding carboxylic acids is 1. The molecule has 0 saturated heterocycles. The van der Waals surface area contributed by atoms with Gasteiger partial charge in [0.25, 0.3) is 0 Å². The zero-order chi connectivity index (χ0) is 13.4. The van der Waals surface area contributed by atoms with Gasteiger partial charge in [-0.25, -0.2) is 4.98 Å². The van der Waals surface area contributed by atoms with Gasteiger partial charge in [-0.1, -0.05) is 0 Å². The third-order valence-corrected chi connectivity index (χ3v) is 2.36. The van der Waals surface area contributed by atoms with Crippen LogP contribution in [0.3, 0.4) is 0 Å². The van der Waals surface area contributed by atoms with E-state index in [4.69, 9.17) is 11.5 Å². The Morgan fingerprint density at radius 3 is 3.00 bits per heavy atom. The van der Waals surface area contributed by atoms with E-state index in [1.54, 1.807) is 19.3 Å². The van der Waals surface area contributed by atoms with Crippen LogP contribution in [0, 0.1) is 0 Å². The summed E-state index contributed by atoms with van der Waals surface area (Å²) in [5.74, 6) is 0.761. The molecule has 1 amide bonds. The smallest absolute Gasteiger partial charge is 0.243 e. The fourth-order valence-electron chi connectivity index (χ4n) is 1.41. The highest BCUT2D eigenvalue weighted by molar-refractivity contribution is 5.93. The molecule has 0 spiro atoms. The summed E-state index contributed by atoms with van der Waals surface area (Å²) in [6, 6.07) is -0.530. The standard InChI is InChI=1S/C11H20N6O/c1-8(12)14-5-3-2-4-9(13)10(18)17-11-15-6-7-16-11/h6-7,9H,2-5,13H2,1H3,(H2,12,14)(H2,15,16,17,18)/t9-/m0/s1. The van der Waals surface area contributed by atoms with Crippen LogP contribution in [0.2, 0.25) is 0 Å². The van der Waals surface area contributed by atoms with E-state index in [2.05, 4.69) is 20.3 Å². The largest absolute Gasteiger partial charge is 0.388 e. The molecule has 0 radical (unpaired) electrons. The lowest BCUT2D eigenvalue weighted by Gasteiger charge is -2.10. The number of hydrogen-bond donors (Lipinski definition) is 4. The van der Waals surface area contributed by atoms with E-state index in [1.165, 1.54) is 0 Å². The van der Waals surface area contributed by atoms with Gasteiger partial charge in [-0.05, 0) is 26.2 Å². The number of aromatic amines is 1. The maximum atomic E-state index is 11.6. The number of nitrogens with two attached hydrogens (primary N) is 2. The summed E-state index contributed by atoms with van der Waals surface area (Å²) in [6.07, 6.45) is 5.52. The van der Waals surface area contributed by atoms with E-state index in [-0.39, 0.29) is 5.91 Å². The molecule has 0 aliphatic rings. The molecule has 100 valence electrons. The number of anilines is 1. The minimum absolute atomic E-state index is 0.233. The highest BCUT2D eigenvalue weighted by Gasteiger charge is 2.13. The van der Waals surface area contributed by atoms with Crippen LogP contribution in [0.15, 0.2) is 17.4 Å². The van der Waals surface area contributed by atoms with Gasteiger partial charge in [0.1, 0.15) is 0 Å². The summed E-state index contributed by atoms with van der Waals surface area (Å²) < 4.78 is 0. The summed E-state index contributed by atoms with van der Waals surface area (Å²) in [7, 11) is 0. The van der Waals surface area contributed by atoms with Gasteiger partial charge in [0.2, 0.25) is 11.9 Å². The van der Waals surface area contributed by atoms with Gasteiger partial charge in [-0.3, -0.25) is 15.1 Å². The van der Waals surface area contributed by atoms with Crippen LogP contribution in [0.25, 0.3) is 0 Å². The number of H-pyrrole nitrogens is 1. The molecule has 0 unspecified atom stereocenters. The van der Waals surface area contributed by atoms with Crippen LogP contribution in [0.5, 0.6) is 0 Å². The molecule has 18 heavy (non-hydrogen) atoms. The molecule has 0 aliphatic heterocycles. The minimum atomic E-state index is -0.530. The fraction of sp³-hybridized carbons (Fsp3) is 0.545. The summed E-state index contributed by atoms with van der Waals surface area (Å²) in [4.78, 5) is 22.4. The van der Waals surface area contributed by atoms with Crippen LogP contribution in [-0.4, -0.2) is 34.3 Å². The molecular weight excluding hydrogens is 232 g/mol. The number of rotatable bonds is 7. The topological polar surface area (TPSA) is 122 Å². The van der Waals surface area contributed by atoms with Gasteiger partial charge in [0.05, 0.1) is 11.9 Å². The van der Waals surface area contributed by atoms with E-state index in [9.17, 15) is 4.79 Å². The number of hydrogen-bond acceptors (Lipinski definition) is 4. The maximum absolute atomic E-state index is 11.6. The first kappa shape index (κ1) is 14.2. The molecule has 1 heterocycles. The van der Waals surface area contributed by atoms with E-state index < -0.39 is 6.04 Å². The SMILES string of the molecule is CC(N)=NCCCC[C@H](N)C(=O)Nc1ncc[nH]1. The average molecular weight is 252 g/mol. The quantitative estimate of drug-likeness (QED) is 0.315. The van der Waals surface area contributed by atoms with Crippen molar-refractivity contribution in [3.8, 4) is 0 Å². The van der Waals surface area contributed by atoms with Crippen molar-refractivity contribution in [1.82, 2.24) is 9.97 Å². The molecule has 6 N–H and O–H groups in total. The Bertz CT molecular complexity index is 382. The number of aliphatic imine (C=N–C) groups is 1. The Balaban J connectivity index is 2.18. The van der Waals surface area contributed by atoms with Crippen LogP contribution < -0.4 is 16.8 Å². The monoisotopic (exact) mass is 252 g/mol. The van der Waals surface area contributed by atoms with Crippen molar-refractivity contribution in [1.29, 1.82) is 0 Å². The second-order valence-electron chi connectivity index (χ2n) is 4.05. The van der Waals surface area contributed by atoms with Gasteiger partial charge in [0.15, 0.2) is 0 Å². The molecule has 1 aromatic rings. The van der Waals surface area contributed by atoms with E-state index in [0.717, 1.165) is 12.8 Å². The number of imidazole rings is 1. The number of aromatic nitrogens is 2. The summed E-state index contributed by atoms with van der Waals surface area (Å²) in [5.41, 5.74) is 11.2. The Hall–Kier alpha value is -1.89. The lowest BCUT2D eigenvalue weighted by molar-refractivity contribution is -0.117. The third kappa shape index (κ3) is 5.44. The van der Waals surface area contributed by atoms with Gasteiger partial charge >= 0.3 is 0 Å². The Labute approximate surface area is 106 Å². The van der Waals surface area contributed by atoms with E-state index >= 15 is 0 Å². The highest BCUT2D eigenvalue weighted by atomic mass is 16.2. The lowest BCUT2D eigenvalue weighted by atomic mass is 10.1. The summed E-state index contributed by atoms with van der Waals surface area (Å²) in [6.45, 7) is 2.43. The van der Waals surface area contributed by atoms with Crippen molar-refractivity contribution in [2.24, 2.45) is 16.5 Å². The zero-order valence-corrected chi connectivity index (χ0v) is 10.5. The van der Waals surface area contributed by atoms with Crippen LogP contribution in [0.4, 0.5) is 5.95 Å². The van der Waals surface area contributed by atoms with Crippen molar-refractivity contribution >= 4 is 17.7 Å². The van der Waals surface area contributed by atoms with Gasteiger partial charge in [-0.2, -0.15) is 0 Å². The second-order valence-corrected chi connectivity index (χ2v) is 4.05. The van der Waals surface area contributed by atoms with Crippen LogP contribution in [-0.2, 0) is 4.79 Å². The fourth-order valence-corrected chi connectivity index (χ4v) is 1.41. The average Bonchev–Trinajstić information content (AvgIpc) is 2.80. The van der Waals surface area contributed by atoms with E-state index in [1.807, 2.05) is 0 Å². The first-order valence-corrected chi connectivity index (χ1v) is 5.92. The molecule has 7 nitrogen and oxygen atoms in total. The van der Waals surface area contributed by atoms with Crippen molar-refractivity contribution in [3.63, 3.8) is 0 Å². The third-order valence-electron chi connectivity index (χ3n) is 2.36. The van der Waals surface area contributed by atoms with Crippen molar-refractivity contribution in [2.75, 3.05) is 11.9 Å². The molecular formula is C11H20N6O. The lowest BCUT2D eigenvalue weighted by Crippen LogP contribution is -2.35. The molecule has 1 atom stereocenters. The highest BCUT2D eigenvalue weighted by Crippen LogP contribution is 2.02. The Morgan fingerprint density at radius 1 is 1.61 bits per heavy atom. The van der Waals surface area contributed by atoms with Crippen molar-refractivity contribution in [3.05, 3.63) is 12.4 Å². The molecule has 0 aromatic carbocycles. The molecule has 0 fully saturated rings. The van der Waals surface area contributed by atoms with Crippen LogP contribution in [0.1, 0.15) is 26.2 Å². The molecule has 0 bridgehead atoms. The summed E-state index contributed by atoms with van der Waals surface area (Å²) in [5, 5.41) is 2.60. The second kappa shape index (κ2) is 7.44. The summed E-state index contributed by atoms with van der Waals surface area (Å²) >= 11 is 0. The predicted molar refractivity (Wildman–Crippen MR) is 71.2 cm³/mol. The van der Waals surface area contributed by atoms with E-state index in [0.29, 0.717) is 24.7 Å². The number of nitrogens with zero attached hydrogens (tertiary/aromatic N) is 2. The Kier molecular flexibility index (Phi) is 5.86. The van der Waals surface area contributed by atoms with Gasteiger partial charge in [-0.15, -0.1) is 0 Å². The first-order chi connectivity index (χ1) is 8.59. The predicted octanol–water partition coefficient (Wildman–Crippen LogP) is 0.223. The molecule has 0 saturated carbocycles. The van der Waals surface area contributed by atoms with Crippen molar-refractivity contribution in [2.45, 2.75) is 32.2 Å². The number of amidine groups is 1. The number of amides is 1. The molecule has 7 heteroatoms. The molecule has 1 aromatic heterocycles. The van der Waals surface area contributed by atoms with Gasteiger partial charge in [0, 0.05) is 18.9 Å². The number of nitrogens with one attached hydrogen (secondary N) is 2. The number of carbonyl (C=O) groups is 1. The van der Waals surface area contributed by atoms with Crippen LogP contribution >= 0.6 is 0 Å². The first-order valence-electron chi connectivity index (χ1n) is 5.92. The minimum Gasteiger partial charge on any atom is -0.388 e. The van der Waals surface area contributed by atoms with Gasteiger partial charge < -0.3 is 16.5 Å². The molecule has 0 aliphatic carbocycles. The maximum Gasteiger partial charge on any atom is 0.243 e. The van der Waals surface area contributed by atoms with Crippen molar-refractivity contribution < 1.29 is 4.79 Å². The number of unbranched alkanes of at least 4 members (excludes halogenated alkanes) is 1.